The Hall–Kier alpha value is -2.37. The van der Waals surface area contributed by atoms with Gasteiger partial charge in [0.25, 0.3) is 0 Å². The lowest BCUT2D eigenvalue weighted by molar-refractivity contribution is -0.385. The van der Waals surface area contributed by atoms with Gasteiger partial charge in [-0.3, -0.25) is 10.1 Å². The molecule has 0 N–H and O–H groups in total. The molecule has 0 aliphatic carbocycles. The quantitative estimate of drug-likeness (QED) is 0.600. The summed E-state index contributed by atoms with van der Waals surface area (Å²) in [6, 6.07) is 4.87. The molecule has 0 aliphatic heterocycles. The van der Waals surface area contributed by atoms with Gasteiger partial charge in [0.2, 0.25) is 0 Å². The van der Waals surface area contributed by atoms with E-state index in [2.05, 4.69) is 4.98 Å². The van der Waals surface area contributed by atoms with E-state index in [9.17, 15) is 10.1 Å². The summed E-state index contributed by atoms with van der Waals surface area (Å²) in [5, 5.41) is 11.0. The van der Waals surface area contributed by atoms with E-state index in [1.807, 2.05) is 24.6 Å². The number of nitro groups is 1. The lowest BCUT2D eigenvalue weighted by atomic mass is 10.2. The van der Waals surface area contributed by atoms with Crippen molar-refractivity contribution in [2.75, 3.05) is 6.61 Å². The molecule has 0 unspecified atom stereocenters. The zero-order chi connectivity index (χ0) is 14.5. The minimum Gasteiger partial charge on any atom is -0.487 e. The van der Waals surface area contributed by atoms with Gasteiger partial charge >= 0.3 is 5.69 Å². The summed E-state index contributed by atoms with van der Waals surface area (Å²) in [7, 11) is 0. The molecule has 2 aromatic rings. The smallest absolute Gasteiger partial charge is 0.311 e. The average Bonchev–Trinajstić information content (AvgIpc) is 2.93. The highest BCUT2D eigenvalue weighted by Crippen LogP contribution is 2.30. The van der Waals surface area contributed by atoms with E-state index >= 15 is 0 Å². The van der Waals surface area contributed by atoms with Crippen molar-refractivity contribution in [2.24, 2.45) is 0 Å². The minimum absolute atomic E-state index is 0.0136. The minimum atomic E-state index is -0.427. The molecule has 0 amide bonds. The fourth-order valence-corrected chi connectivity index (χ4v) is 1.96. The van der Waals surface area contributed by atoms with Gasteiger partial charge in [-0.15, -0.1) is 0 Å². The molecular formula is C14H17N3O3. The van der Waals surface area contributed by atoms with Crippen LogP contribution in [0.3, 0.4) is 0 Å². The van der Waals surface area contributed by atoms with Crippen LogP contribution in [-0.4, -0.2) is 21.1 Å². The van der Waals surface area contributed by atoms with Gasteiger partial charge in [0.15, 0.2) is 5.75 Å². The van der Waals surface area contributed by atoms with Crippen molar-refractivity contribution >= 4 is 5.69 Å². The van der Waals surface area contributed by atoms with Crippen molar-refractivity contribution in [3.8, 4) is 11.4 Å². The first-order valence-electron chi connectivity index (χ1n) is 6.61. The van der Waals surface area contributed by atoms with Crippen LogP contribution >= 0.6 is 0 Å². The molecule has 1 aromatic carbocycles. The lowest BCUT2D eigenvalue weighted by Gasteiger charge is -2.10. The third-order valence-corrected chi connectivity index (χ3v) is 2.91. The molecule has 6 heteroatoms. The van der Waals surface area contributed by atoms with Gasteiger partial charge in [0.1, 0.15) is 5.82 Å². The van der Waals surface area contributed by atoms with Crippen LogP contribution in [0, 0.1) is 10.1 Å². The average molecular weight is 275 g/mol. The maximum absolute atomic E-state index is 11.0. The fraction of sp³-hybridized carbons (Fsp3) is 0.357. The highest BCUT2D eigenvalue weighted by atomic mass is 16.6. The van der Waals surface area contributed by atoms with E-state index in [0.29, 0.717) is 12.4 Å². The first-order chi connectivity index (χ1) is 9.67. The van der Waals surface area contributed by atoms with Crippen LogP contribution in [0.4, 0.5) is 5.69 Å². The maximum atomic E-state index is 11.0. The van der Waals surface area contributed by atoms with Crippen molar-refractivity contribution in [2.45, 2.75) is 26.7 Å². The second-order valence-corrected chi connectivity index (χ2v) is 4.32. The molecule has 106 valence electrons. The van der Waals surface area contributed by atoms with Crippen LogP contribution in [0.1, 0.15) is 26.1 Å². The molecule has 0 spiro atoms. The van der Waals surface area contributed by atoms with Gasteiger partial charge in [0.05, 0.1) is 17.2 Å². The van der Waals surface area contributed by atoms with Crippen LogP contribution in [-0.2, 0) is 6.42 Å². The first kappa shape index (κ1) is 14.0. The molecule has 20 heavy (non-hydrogen) atoms. The van der Waals surface area contributed by atoms with Gasteiger partial charge in [-0.1, -0.05) is 13.8 Å². The molecule has 6 nitrogen and oxygen atoms in total. The van der Waals surface area contributed by atoms with E-state index in [-0.39, 0.29) is 5.69 Å². The number of aromatic nitrogens is 2. The maximum Gasteiger partial charge on any atom is 0.311 e. The van der Waals surface area contributed by atoms with E-state index in [1.165, 1.54) is 6.07 Å². The molecule has 1 aromatic heterocycles. The van der Waals surface area contributed by atoms with Gasteiger partial charge in [-0.05, 0) is 12.5 Å². The molecule has 0 aliphatic rings. The molecule has 0 bridgehead atoms. The van der Waals surface area contributed by atoms with Gasteiger partial charge < -0.3 is 9.30 Å². The van der Waals surface area contributed by atoms with Crippen LogP contribution in [0.2, 0.25) is 0 Å². The summed E-state index contributed by atoms with van der Waals surface area (Å²) >= 11 is 0. The monoisotopic (exact) mass is 275 g/mol. The molecule has 2 rings (SSSR count). The summed E-state index contributed by atoms with van der Waals surface area (Å²) in [5.74, 6) is 1.20. The molecule has 0 atom stereocenters. The number of benzene rings is 1. The summed E-state index contributed by atoms with van der Waals surface area (Å²) in [5.41, 5.74) is 0.802. The zero-order valence-corrected chi connectivity index (χ0v) is 11.6. The fourth-order valence-electron chi connectivity index (χ4n) is 1.96. The zero-order valence-electron chi connectivity index (χ0n) is 11.6. The Balaban J connectivity index is 2.43. The Morgan fingerprint density at radius 3 is 2.85 bits per heavy atom. The van der Waals surface area contributed by atoms with Gasteiger partial charge in [0, 0.05) is 30.9 Å². The van der Waals surface area contributed by atoms with Crippen molar-refractivity contribution in [1.29, 1.82) is 0 Å². The van der Waals surface area contributed by atoms with Crippen LogP contribution in [0.5, 0.6) is 5.75 Å². The summed E-state index contributed by atoms with van der Waals surface area (Å²) < 4.78 is 7.39. The normalized spacial score (nSPS) is 10.5. The van der Waals surface area contributed by atoms with E-state index in [0.717, 1.165) is 24.4 Å². The predicted octanol–water partition coefficient (Wildman–Crippen LogP) is 3.13. The molecule has 0 fully saturated rings. The Labute approximate surface area is 117 Å². The summed E-state index contributed by atoms with van der Waals surface area (Å²) in [6.45, 7) is 4.42. The Kier molecular flexibility index (Phi) is 4.34. The highest BCUT2D eigenvalue weighted by Gasteiger charge is 2.16. The standard InChI is InChI=1S/C14H17N3O3/c1-3-9-20-13-10-11(5-6-12(13)17(18)19)16-8-7-15-14(16)4-2/h5-8,10H,3-4,9H2,1-2H3. The number of nitrogens with zero attached hydrogens (tertiary/aromatic N) is 3. The van der Waals surface area contributed by atoms with Crippen LogP contribution < -0.4 is 4.74 Å². The van der Waals surface area contributed by atoms with E-state index in [1.54, 1.807) is 18.3 Å². The van der Waals surface area contributed by atoms with Gasteiger partial charge in [-0.2, -0.15) is 0 Å². The van der Waals surface area contributed by atoms with Crippen molar-refractivity contribution in [3.63, 3.8) is 0 Å². The Bertz CT molecular complexity index is 607. The topological polar surface area (TPSA) is 70.2 Å². The van der Waals surface area contributed by atoms with Gasteiger partial charge in [-0.25, -0.2) is 4.98 Å². The molecular weight excluding hydrogens is 258 g/mol. The number of hydrogen-bond donors (Lipinski definition) is 0. The number of imidazole rings is 1. The van der Waals surface area contributed by atoms with Crippen molar-refractivity contribution < 1.29 is 9.66 Å². The molecule has 1 heterocycles. The number of rotatable bonds is 6. The number of ether oxygens (including phenoxy) is 1. The largest absolute Gasteiger partial charge is 0.487 e. The second kappa shape index (κ2) is 6.18. The second-order valence-electron chi connectivity index (χ2n) is 4.32. The van der Waals surface area contributed by atoms with Crippen molar-refractivity contribution in [3.05, 3.63) is 46.5 Å². The van der Waals surface area contributed by atoms with E-state index in [4.69, 9.17) is 4.74 Å². The third kappa shape index (κ3) is 2.79. The number of nitro benzene ring substituents is 1. The first-order valence-corrected chi connectivity index (χ1v) is 6.61. The Morgan fingerprint density at radius 1 is 1.40 bits per heavy atom. The highest BCUT2D eigenvalue weighted by molar-refractivity contribution is 5.53. The van der Waals surface area contributed by atoms with Crippen LogP contribution in [0.15, 0.2) is 30.6 Å². The van der Waals surface area contributed by atoms with Crippen LogP contribution in [0.25, 0.3) is 5.69 Å². The lowest BCUT2D eigenvalue weighted by Crippen LogP contribution is -2.03. The molecule has 0 saturated heterocycles. The Morgan fingerprint density at radius 2 is 2.20 bits per heavy atom. The number of aryl methyl sites for hydroxylation is 1. The van der Waals surface area contributed by atoms with Crippen molar-refractivity contribution in [1.82, 2.24) is 9.55 Å². The summed E-state index contributed by atoms with van der Waals surface area (Å²) in [6.07, 6.45) is 5.14. The predicted molar refractivity (Wildman–Crippen MR) is 75.4 cm³/mol. The van der Waals surface area contributed by atoms with E-state index < -0.39 is 4.92 Å². The third-order valence-electron chi connectivity index (χ3n) is 2.91. The SMILES string of the molecule is CCCOc1cc(-n2ccnc2CC)ccc1[N+](=O)[O-]. The molecule has 0 saturated carbocycles. The molecule has 0 radical (unpaired) electrons. The summed E-state index contributed by atoms with van der Waals surface area (Å²) in [4.78, 5) is 14.8. The number of hydrogen-bond acceptors (Lipinski definition) is 4.